The first-order chi connectivity index (χ1) is 7.94. The standard InChI is InChI=1S/C13H19BrN2O/c1-13(2,16-12(17)9-15-3)8-10-6-4-5-7-11(10)14/h4-7,15H,8-9H2,1-3H3,(H,16,17). The van der Waals surface area contributed by atoms with E-state index in [1.165, 1.54) is 5.56 Å². The van der Waals surface area contributed by atoms with Crippen molar-refractivity contribution in [2.75, 3.05) is 13.6 Å². The summed E-state index contributed by atoms with van der Waals surface area (Å²) in [7, 11) is 1.76. The van der Waals surface area contributed by atoms with E-state index in [4.69, 9.17) is 0 Å². The summed E-state index contributed by atoms with van der Waals surface area (Å²) in [5.74, 6) is 0.0181. The predicted molar refractivity (Wildman–Crippen MR) is 74.0 cm³/mol. The quantitative estimate of drug-likeness (QED) is 0.874. The van der Waals surface area contributed by atoms with Gasteiger partial charge in [-0.25, -0.2) is 0 Å². The van der Waals surface area contributed by atoms with E-state index in [1.807, 2.05) is 32.0 Å². The summed E-state index contributed by atoms with van der Waals surface area (Å²) in [6, 6.07) is 8.07. The Kier molecular flexibility index (Phi) is 5.15. The van der Waals surface area contributed by atoms with Crippen LogP contribution in [-0.2, 0) is 11.2 Å². The van der Waals surface area contributed by atoms with Gasteiger partial charge in [0, 0.05) is 10.0 Å². The lowest BCUT2D eigenvalue weighted by Crippen LogP contribution is -2.47. The highest BCUT2D eigenvalue weighted by atomic mass is 79.9. The maximum atomic E-state index is 11.5. The molecule has 0 aliphatic rings. The molecule has 1 aromatic carbocycles. The molecule has 1 amide bonds. The summed E-state index contributed by atoms with van der Waals surface area (Å²) in [5, 5.41) is 5.85. The van der Waals surface area contributed by atoms with Crippen LogP contribution >= 0.6 is 15.9 Å². The van der Waals surface area contributed by atoms with Gasteiger partial charge in [-0.15, -0.1) is 0 Å². The van der Waals surface area contributed by atoms with Crippen LogP contribution in [0.3, 0.4) is 0 Å². The SMILES string of the molecule is CNCC(=O)NC(C)(C)Cc1ccccc1Br. The topological polar surface area (TPSA) is 41.1 Å². The second kappa shape index (κ2) is 6.17. The lowest BCUT2D eigenvalue weighted by molar-refractivity contribution is -0.121. The third-order valence-electron chi connectivity index (χ3n) is 2.41. The first-order valence-electron chi connectivity index (χ1n) is 5.63. The van der Waals surface area contributed by atoms with Crippen LogP contribution in [-0.4, -0.2) is 25.0 Å². The number of rotatable bonds is 5. The summed E-state index contributed by atoms with van der Waals surface area (Å²) < 4.78 is 1.08. The van der Waals surface area contributed by atoms with Gasteiger partial charge < -0.3 is 10.6 Å². The van der Waals surface area contributed by atoms with Crippen LogP contribution in [0.1, 0.15) is 19.4 Å². The van der Waals surface area contributed by atoms with E-state index in [2.05, 4.69) is 32.6 Å². The van der Waals surface area contributed by atoms with Gasteiger partial charge in [-0.1, -0.05) is 34.1 Å². The van der Waals surface area contributed by atoms with Crippen molar-refractivity contribution >= 4 is 21.8 Å². The van der Waals surface area contributed by atoms with E-state index in [1.54, 1.807) is 7.05 Å². The summed E-state index contributed by atoms with van der Waals surface area (Å²) in [6.45, 7) is 4.40. The largest absolute Gasteiger partial charge is 0.350 e. The predicted octanol–water partition coefficient (Wildman–Crippen LogP) is 2.11. The maximum absolute atomic E-state index is 11.5. The number of carbonyl (C=O) groups is 1. The minimum Gasteiger partial charge on any atom is -0.350 e. The number of hydrogen-bond donors (Lipinski definition) is 2. The fourth-order valence-corrected chi connectivity index (χ4v) is 2.17. The van der Waals surface area contributed by atoms with Gasteiger partial charge in [-0.2, -0.15) is 0 Å². The molecule has 0 saturated heterocycles. The molecule has 0 radical (unpaired) electrons. The molecule has 0 unspecified atom stereocenters. The summed E-state index contributed by atoms with van der Waals surface area (Å²) in [4.78, 5) is 11.5. The number of carbonyl (C=O) groups excluding carboxylic acids is 1. The van der Waals surface area contributed by atoms with Gasteiger partial charge >= 0.3 is 0 Å². The molecule has 94 valence electrons. The molecule has 0 spiro atoms. The normalized spacial score (nSPS) is 11.3. The van der Waals surface area contributed by atoms with Gasteiger partial charge in [0.1, 0.15) is 0 Å². The number of likely N-dealkylation sites (N-methyl/N-ethyl adjacent to an activating group) is 1. The number of benzene rings is 1. The molecule has 0 fully saturated rings. The minimum atomic E-state index is -0.252. The van der Waals surface area contributed by atoms with E-state index in [0.29, 0.717) is 6.54 Å². The summed E-state index contributed by atoms with van der Waals surface area (Å²) in [6.07, 6.45) is 0.796. The molecule has 4 heteroatoms. The van der Waals surface area contributed by atoms with Crippen molar-refractivity contribution < 1.29 is 4.79 Å². The molecular formula is C13H19BrN2O. The zero-order chi connectivity index (χ0) is 12.9. The van der Waals surface area contributed by atoms with Crippen molar-refractivity contribution in [1.29, 1.82) is 0 Å². The fourth-order valence-electron chi connectivity index (χ4n) is 1.74. The van der Waals surface area contributed by atoms with E-state index >= 15 is 0 Å². The van der Waals surface area contributed by atoms with Gasteiger partial charge in [-0.05, 0) is 38.9 Å². The van der Waals surface area contributed by atoms with Gasteiger partial charge in [0.2, 0.25) is 5.91 Å². The van der Waals surface area contributed by atoms with Gasteiger partial charge in [0.05, 0.1) is 6.54 Å². The van der Waals surface area contributed by atoms with Crippen molar-refractivity contribution in [2.45, 2.75) is 25.8 Å². The van der Waals surface area contributed by atoms with Crippen LogP contribution < -0.4 is 10.6 Å². The van der Waals surface area contributed by atoms with Crippen LogP contribution in [0.2, 0.25) is 0 Å². The van der Waals surface area contributed by atoms with Gasteiger partial charge in [-0.3, -0.25) is 4.79 Å². The van der Waals surface area contributed by atoms with Crippen LogP contribution in [0.25, 0.3) is 0 Å². The second-order valence-electron chi connectivity index (χ2n) is 4.73. The summed E-state index contributed by atoms with van der Waals surface area (Å²) >= 11 is 3.52. The Hall–Kier alpha value is -0.870. The first-order valence-corrected chi connectivity index (χ1v) is 6.43. The zero-order valence-corrected chi connectivity index (χ0v) is 12.1. The Balaban J connectivity index is 2.66. The van der Waals surface area contributed by atoms with Crippen LogP contribution in [0.4, 0.5) is 0 Å². The Morgan fingerprint density at radius 1 is 1.35 bits per heavy atom. The average Bonchev–Trinajstić information content (AvgIpc) is 2.20. The van der Waals surface area contributed by atoms with E-state index in [9.17, 15) is 4.79 Å². The van der Waals surface area contributed by atoms with Crippen molar-refractivity contribution in [3.63, 3.8) is 0 Å². The molecule has 1 rings (SSSR count). The average molecular weight is 299 g/mol. The molecule has 17 heavy (non-hydrogen) atoms. The van der Waals surface area contributed by atoms with Gasteiger partial charge in [0.25, 0.3) is 0 Å². The highest BCUT2D eigenvalue weighted by molar-refractivity contribution is 9.10. The third kappa shape index (κ3) is 4.88. The highest BCUT2D eigenvalue weighted by Gasteiger charge is 2.21. The van der Waals surface area contributed by atoms with Crippen molar-refractivity contribution in [3.8, 4) is 0 Å². The van der Waals surface area contributed by atoms with E-state index in [0.717, 1.165) is 10.9 Å². The van der Waals surface area contributed by atoms with Crippen molar-refractivity contribution in [3.05, 3.63) is 34.3 Å². The minimum absolute atomic E-state index is 0.0181. The molecule has 3 nitrogen and oxygen atoms in total. The van der Waals surface area contributed by atoms with E-state index in [-0.39, 0.29) is 11.4 Å². The van der Waals surface area contributed by atoms with Crippen LogP contribution in [0.15, 0.2) is 28.7 Å². The number of nitrogens with one attached hydrogen (secondary N) is 2. The van der Waals surface area contributed by atoms with Crippen LogP contribution in [0.5, 0.6) is 0 Å². The lowest BCUT2D eigenvalue weighted by Gasteiger charge is -2.27. The van der Waals surface area contributed by atoms with Crippen molar-refractivity contribution in [1.82, 2.24) is 10.6 Å². The Labute approximate surface area is 111 Å². The lowest BCUT2D eigenvalue weighted by atomic mass is 9.95. The molecule has 0 aliphatic carbocycles. The van der Waals surface area contributed by atoms with E-state index < -0.39 is 0 Å². The number of hydrogen-bond acceptors (Lipinski definition) is 2. The molecule has 2 N–H and O–H groups in total. The molecule has 0 saturated carbocycles. The number of halogens is 1. The molecule has 1 aromatic rings. The Morgan fingerprint density at radius 3 is 2.59 bits per heavy atom. The third-order valence-corrected chi connectivity index (χ3v) is 3.18. The zero-order valence-electron chi connectivity index (χ0n) is 10.5. The second-order valence-corrected chi connectivity index (χ2v) is 5.58. The molecular weight excluding hydrogens is 280 g/mol. The molecule has 0 bridgehead atoms. The van der Waals surface area contributed by atoms with Crippen molar-refractivity contribution in [2.24, 2.45) is 0 Å². The fraction of sp³-hybridized carbons (Fsp3) is 0.462. The molecule has 0 atom stereocenters. The Morgan fingerprint density at radius 2 is 2.00 bits per heavy atom. The molecule has 0 heterocycles. The van der Waals surface area contributed by atoms with Gasteiger partial charge in [0.15, 0.2) is 0 Å². The molecule has 0 aromatic heterocycles. The molecule has 0 aliphatic heterocycles. The van der Waals surface area contributed by atoms with Crippen LogP contribution in [0, 0.1) is 0 Å². The first kappa shape index (κ1) is 14.2. The maximum Gasteiger partial charge on any atom is 0.234 e. The number of amides is 1. The highest BCUT2D eigenvalue weighted by Crippen LogP contribution is 2.21. The summed E-state index contributed by atoms with van der Waals surface area (Å²) in [5.41, 5.74) is 0.944. The Bertz CT molecular complexity index is 391. The monoisotopic (exact) mass is 298 g/mol. The smallest absolute Gasteiger partial charge is 0.234 e.